The minimum absolute atomic E-state index is 0.127. The molecule has 2 atom stereocenters. The average molecular weight is 264 g/mol. The summed E-state index contributed by atoms with van der Waals surface area (Å²) in [4.78, 5) is 2.37. The topological polar surface area (TPSA) is 38.5 Å². The van der Waals surface area contributed by atoms with Gasteiger partial charge >= 0.3 is 0 Å². The lowest BCUT2D eigenvalue weighted by atomic mass is 10.1. The minimum Gasteiger partial charge on any atom is -0.375 e. The minimum atomic E-state index is -0.127. The number of nitrogens with two attached hydrogens (primary N) is 1. The second kappa shape index (κ2) is 5.57. The predicted molar refractivity (Wildman–Crippen MR) is 72.1 cm³/mol. The molecule has 1 heterocycles. The average Bonchev–Trinajstić information content (AvgIpc) is 2.90. The van der Waals surface area contributed by atoms with Crippen LogP contribution in [0.1, 0.15) is 30.4 Å². The highest BCUT2D eigenvalue weighted by atomic mass is 19.1. The van der Waals surface area contributed by atoms with Gasteiger partial charge in [-0.25, -0.2) is 4.39 Å². The number of hydrogen-bond donors (Lipinski definition) is 1. The summed E-state index contributed by atoms with van der Waals surface area (Å²) in [6.07, 6.45) is 3.89. The first-order chi connectivity index (χ1) is 9.28. The zero-order valence-corrected chi connectivity index (χ0v) is 11.1. The van der Waals surface area contributed by atoms with Gasteiger partial charge in [-0.3, -0.25) is 4.90 Å². The number of halogens is 1. The molecule has 1 aliphatic carbocycles. The summed E-state index contributed by atoms with van der Waals surface area (Å²) >= 11 is 0. The van der Waals surface area contributed by atoms with E-state index < -0.39 is 0 Å². The summed E-state index contributed by atoms with van der Waals surface area (Å²) < 4.78 is 19.7. The monoisotopic (exact) mass is 264 g/mol. The summed E-state index contributed by atoms with van der Waals surface area (Å²) in [6, 6.07) is 5.66. The Morgan fingerprint density at radius 1 is 1.37 bits per heavy atom. The van der Waals surface area contributed by atoms with Crippen molar-refractivity contribution >= 4 is 0 Å². The van der Waals surface area contributed by atoms with E-state index in [9.17, 15) is 4.39 Å². The number of rotatable bonds is 3. The molecule has 2 aliphatic rings. The van der Waals surface area contributed by atoms with Gasteiger partial charge in [0.2, 0.25) is 0 Å². The fourth-order valence-electron chi connectivity index (χ4n) is 3.30. The molecule has 0 radical (unpaired) electrons. The number of ether oxygens (including phenoxy) is 1. The van der Waals surface area contributed by atoms with E-state index in [-0.39, 0.29) is 5.82 Å². The van der Waals surface area contributed by atoms with Gasteiger partial charge in [-0.15, -0.1) is 0 Å². The van der Waals surface area contributed by atoms with Gasteiger partial charge in [-0.2, -0.15) is 0 Å². The number of benzene rings is 1. The Labute approximate surface area is 113 Å². The number of fused-ring (bicyclic) bond motifs is 1. The fourth-order valence-corrected chi connectivity index (χ4v) is 3.30. The van der Waals surface area contributed by atoms with Crippen LogP contribution in [0.4, 0.5) is 4.39 Å². The quantitative estimate of drug-likeness (QED) is 0.908. The third kappa shape index (κ3) is 2.66. The molecule has 1 saturated carbocycles. The molecule has 2 unspecified atom stereocenters. The molecule has 1 aromatic carbocycles. The van der Waals surface area contributed by atoms with Crippen molar-refractivity contribution in [3.05, 3.63) is 35.1 Å². The highest BCUT2D eigenvalue weighted by Gasteiger charge is 2.36. The van der Waals surface area contributed by atoms with Crippen molar-refractivity contribution in [3.63, 3.8) is 0 Å². The molecular formula is C15H21FN2O. The van der Waals surface area contributed by atoms with Crippen molar-refractivity contribution in [2.45, 2.75) is 44.5 Å². The molecule has 1 saturated heterocycles. The lowest BCUT2D eigenvalue weighted by Crippen LogP contribution is -2.47. The SMILES string of the molecule is NCc1ccc(F)c(CN2CCOC3CCCC32)c1. The van der Waals surface area contributed by atoms with E-state index >= 15 is 0 Å². The van der Waals surface area contributed by atoms with Crippen molar-refractivity contribution in [2.24, 2.45) is 5.73 Å². The first-order valence-corrected chi connectivity index (χ1v) is 7.11. The lowest BCUT2D eigenvalue weighted by Gasteiger charge is -2.37. The van der Waals surface area contributed by atoms with Crippen LogP contribution in [0.3, 0.4) is 0 Å². The van der Waals surface area contributed by atoms with Crippen LogP contribution in [0.5, 0.6) is 0 Å². The van der Waals surface area contributed by atoms with Crippen LogP contribution in [0.2, 0.25) is 0 Å². The van der Waals surface area contributed by atoms with Gasteiger partial charge in [0.05, 0.1) is 12.7 Å². The smallest absolute Gasteiger partial charge is 0.127 e. The fraction of sp³-hybridized carbons (Fsp3) is 0.600. The molecule has 3 rings (SSSR count). The maximum atomic E-state index is 13.9. The largest absolute Gasteiger partial charge is 0.375 e. The van der Waals surface area contributed by atoms with E-state index in [2.05, 4.69) is 4.90 Å². The molecule has 0 bridgehead atoms. The van der Waals surface area contributed by atoms with E-state index in [1.807, 2.05) is 6.07 Å². The van der Waals surface area contributed by atoms with Gasteiger partial charge in [0.1, 0.15) is 5.82 Å². The van der Waals surface area contributed by atoms with E-state index in [1.54, 1.807) is 6.07 Å². The zero-order chi connectivity index (χ0) is 13.2. The second-order valence-electron chi connectivity index (χ2n) is 5.51. The molecule has 4 heteroatoms. The Bertz CT molecular complexity index is 452. The normalized spacial score (nSPS) is 27.5. The Balaban J connectivity index is 1.76. The van der Waals surface area contributed by atoms with Gasteiger partial charge in [-0.05, 0) is 30.9 Å². The van der Waals surface area contributed by atoms with Crippen molar-refractivity contribution in [3.8, 4) is 0 Å². The molecule has 3 nitrogen and oxygen atoms in total. The lowest BCUT2D eigenvalue weighted by molar-refractivity contribution is -0.0591. The summed E-state index contributed by atoms with van der Waals surface area (Å²) in [5, 5.41) is 0. The van der Waals surface area contributed by atoms with Crippen molar-refractivity contribution < 1.29 is 9.13 Å². The number of morpholine rings is 1. The Morgan fingerprint density at radius 2 is 2.26 bits per heavy atom. The van der Waals surface area contributed by atoms with Crippen molar-refractivity contribution in [2.75, 3.05) is 13.2 Å². The Morgan fingerprint density at radius 3 is 3.11 bits per heavy atom. The van der Waals surface area contributed by atoms with Gasteiger partial charge in [0.15, 0.2) is 0 Å². The van der Waals surface area contributed by atoms with E-state index in [4.69, 9.17) is 10.5 Å². The second-order valence-corrected chi connectivity index (χ2v) is 5.51. The third-order valence-corrected chi connectivity index (χ3v) is 4.32. The van der Waals surface area contributed by atoms with Crippen LogP contribution in [-0.4, -0.2) is 30.2 Å². The van der Waals surface area contributed by atoms with Gasteiger partial charge in [0, 0.05) is 31.2 Å². The maximum Gasteiger partial charge on any atom is 0.127 e. The van der Waals surface area contributed by atoms with Crippen LogP contribution in [0.15, 0.2) is 18.2 Å². The molecule has 1 aliphatic heterocycles. The summed E-state index contributed by atoms with van der Waals surface area (Å²) in [5.74, 6) is -0.127. The highest BCUT2D eigenvalue weighted by Crippen LogP contribution is 2.31. The zero-order valence-electron chi connectivity index (χ0n) is 11.1. The molecule has 2 N–H and O–H groups in total. The van der Waals surface area contributed by atoms with Gasteiger partial charge in [0.25, 0.3) is 0 Å². The van der Waals surface area contributed by atoms with E-state index in [0.29, 0.717) is 25.2 Å². The number of nitrogens with zero attached hydrogens (tertiary/aromatic N) is 1. The summed E-state index contributed by atoms with van der Waals surface area (Å²) in [5.41, 5.74) is 7.38. The van der Waals surface area contributed by atoms with Crippen molar-refractivity contribution in [1.82, 2.24) is 4.90 Å². The van der Waals surface area contributed by atoms with E-state index in [1.165, 1.54) is 18.9 Å². The van der Waals surface area contributed by atoms with Crippen LogP contribution in [0, 0.1) is 5.82 Å². The number of hydrogen-bond acceptors (Lipinski definition) is 3. The van der Waals surface area contributed by atoms with Crippen LogP contribution in [0.25, 0.3) is 0 Å². The molecule has 0 amide bonds. The molecule has 19 heavy (non-hydrogen) atoms. The summed E-state index contributed by atoms with van der Waals surface area (Å²) in [7, 11) is 0. The predicted octanol–water partition coefficient (Wildman–Crippen LogP) is 2.04. The molecule has 0 aromatic heterocycles. The highest BCUT2D eigenvalue weighted by molar-refractivity contribution is 5.25. The van der Waals surface area contributed by atoms with Crippen molar-refractivity contribution in [1.29, 1.82) is 0 Å². The maximum absolute atomic E-state index is 13.9. The molecular weight excluding hydrogens is 243 g/mol. The van der Waals surface area contributed by atoms with E-state index in [0.717, 1.165) is 30.7 Å². The standard InChI is InChI=1S/C15H21FN2O/c16-13-5-4-11(9-17)8-12(13)10-18-6-7-19-15-3-1-2-14(15)18/h4-5,8,14-15H,1-3,6-7,9-10,17H2. The first-order valence-electron chi connectivity index (χ1n) is 7.11. The molecule has 1 aromatic rings. The van der Waals surface area contributed by atoms with Crippen LogP contribution < -0.4 is 5.73 Å². The van der Waals surface area contributed by atoms with Crippen LogP contribution in [-0.2, 0) is 17.8 Å². The van der Waals surface area contributed by atoms with Crippen LogP contribution >= 0.6 is 0 Å². The Kier molecular flexibility index (Phi) is 3.82. The van der Waals surface area contributed by atoms with Gasteiger partial charge in [-0.1, -0.05) is 12.1 Å². The van der Waals surface area contributed by atoms with Gasteiger partial charge < -0.3 is 10.5 Å². The first kappa shape index (κ1) is 13.0. The molecule has 0 spiro atoms. The summed E-state index contributed by atoms with van der Waals surface area (Å²) in [6.45, 7) is 2.79. The molecule has 104 valence electrons. The molecule has 2 fully saturated rings. The Hall–Kier alpha value is -0.970. The third-order valence-electron chi connectivity index (χ3n) is 4.32.